The Hall–Kier alpha value is -1.50. The summed E-state index contributed by atoms with van der Waals surface area (Å²) in [5, 5.41) is 3.75. The number of benzene rings is 1. The minimum atomic E-state index is 0.224. The summed E-state index contributed by atoms with van der Waals surface area (Å²) in [5.74, 6) is 0.689. The van der Waals surface area contributed by atoms with Crippen LogP contribution in [0.1, 0.15) is 129 Å². The SMILES string of the molecule is C=C(NCCC(C)(CCC)c1ccc(CCCCCCC)cc1)C1=C(C(C)CC)CCCC1. The van der Waals surface area contributed by atoms with Crippen molar-refractivity contribution < 1.29 is 0 Å². The third kappa shape index (κ3) is 8.66. The van der Waals surface area contributed by atoms with Crippen LogP contribution in [0.5, 0.6) is 0 Å². The molecule has 0 aromatic heterocycles. The van der Waals surface area contributed by atoms with E-state index in [1.54, 1.807) is 5.57 Å². The lowest BCUT2D eigenvalue weighted by Gasteiger charge is -2.32. The first-order valence-corrected chi connectivity index (χ1v) is 14.2. The molecule has 0 heterocycles. The summed E-state index contributed by atoms with van der Waals surface area (Å²) in [6, 6.07) is 9.61. The number of unbranched alkanes of at least 4 members (excludes halogenated alkanes) is 4. The maximum absolute atomic E-state index is 4.47. The molecule has 1 N–H and O–H groups in total. The average Bonchev–Trinajstić information content (AvgIpc) is 2.84. The van der Waals surface area contributed by atoms with Crippen LogP contribution in [0.4, 0.5) is 0 Å². The molecule has 2 unspecified atom stereocenters. The van der Waals surface area contributed by atoms with Gasteiger partial charge in [-0.3, -0.25) is 0 Å². The summed E-state index contributed by atoms with van der Waals surface area (Å²) in [4.78, 5) is 0. The Balaban J connectivity index is 1.95. The van der Waals surface area contributed by atoms with Crippen molar-refractivity contribution in [3.05, 3.63) is 58.8 Å². The Morgan fingerprint density at radius 2 is 1.64 bits per heavy atom. The molecule has 1 aromatic carbocycles. The highest BCUT2D eigenvalue weighted by Gasteiger charge is 2.26. The van der Waals surface area contributed by atoms with E-state index < -0.39 is 0 Å². The van der Waals surface area contributed by atoms with Gasteiger partial charge in [0.05, 0.1) is 0 Å². The van der Waals surface area contributed by atoms with E-state index in [1.165, 1.54) is 106 Å². The van der Waals surface area contributed by atoms with E-state index in [4.69, 9.17) is 0 Å². The summed E-state index contributed by atoms with van der Waals surface area (Å²) in [6.45, 7) is 17.3. The number of aryl methyl sites for hydroxylation is 1. The zero-order chi connectivity index (χ0) is 24.1. The van der Waals surface area contributed by atoms with E-state index in [1.807, 2.05) is 0 Å². The number of nitrogens with one attached hydrogen (secondary N) is 1. The zero-order valence-electron chi connectivity index (χ0n) is 22.7. The van der Waals surface area contributed by atoms with Crippen molar-refractivity contribution in [2.24, 2.45) is 5.92 Å². The lowest BCUT2D eigenvalue weighted by molar-refractivity contribution is 0.391. The highest BCUT2D eigenvalue weighted by molar-refractivity contribution is 5.35. The van der Waals surface area contributed by atoms with Crippen LogP contribution in [0.25, 0.3) is 0 Å². The van der Waals surface area contributed by atoms with Crippen LogP contribution in [-0.2, 0) is 11.8 Å². The van der Waals surface area contributed by atoms with Crippen molar-refractivity contribution in [3.8, 4) is 0 Å². The van der Waals surface area contributed by atoms with Crippen molar-refractivity contribution in [2.45, 2.75) is 130 Å². The Kier molecular flexibility index (Phi) is 12.4. The average molecular weight is 452 g/mol. The van der Waals surface area contributed by atoms with Crippen LogP contribution in [0.3, 0.4) is 0 Å². The molecule has 1 aliphatic rings. The van der Waals surface area contributed by atoms with Crippen LogP contribution in [0, 0.1) is 5.92 Å². The van der Waals surface area contributed by atoms with Gasteiger partial charge < -0.3 is 5.32 Å². The van der Waals surface area contributed by atoms with Crippen LogP contribution >= 0.6 is 0 Å². The van der Waals surface area contributed by atoms with Crippen molar-refractivity contribution in [2.75, 3.05) is 6.54 Å². The van der Waals surface area contributed by atoms with E-state index in [0.29, 0.717) is 5.92 Å². The maximum atomic E-state index is 4.47. The number of allylic oxidation sites excluding steroid dienone is 2. The molecular weight excluding hydrogens is 398 g/mol. The smallest absolute Gasteiger partial charge is 0.0299 e. The topological polar surface area (TPSA) is 12.0 Å². The molecule has 0 bridgehead atoms. The van der Waals surface area contributed by atoms with Gasteiger partial charge in [-0.1, -0.05) is 103 Å². The van der Waals surface area contributed by atoms with Gasteiger partial charge in [-0.25, -0.2) is 0 Å². The predicted octanol–water partition coefficient (Wildman–Crippen LogP) is 9.67. The van der Waals surface area contributed by atoms with Crippen molar-refractivity contribution in [1.82, 2.24) is 5.32 Å². The fourth-order valence-corrected chi connectivity index (χ4v) is 5.63. The van der Waals surface area contributed by atoms with E-state index in [-0.39, 0.29) is 5.41 Å². The second-order valence-corrected chi connectivity index (χ2v) is 10.8. The summed E-state index contributed by atoms with van der Waals surface area (Å²) >= 11 is 0. The van der Waals surface area contributed by atoms with Crippen LogP contribution in [0.2, 0.25) is 0 Å². The van der Waals surface area contributed by atoms with Crippen molar-refractivity contribution in [1.29, 1.82) is 0 Å². The normalized spacial score (nSPS) is 17.0. The van der Waals surface area contributed by atoms with Gasteiger partial charge in [-0.2, -0.15) is 0 Å². The van der Waals surface area contributed by atoms with Crippen LogP contribution in [-0.4, -0.2) is 6.54 Å². The molecule has 1 nitrogen and oxygen atoms in total. The Labute approximate surface area is 206 Å². The monoisotopic (exact) mass is 451 g/mol. The van der Waals surface area contributed by atoms with E-state index in [2.05, 4.69) is 70.8 Å². The summed E-state index contributed by atoms with van der Waals surface area (Å²) in [6.07, 6.45) is 18.0. The second-order valence-electron chi connectivity index (χ2n) is 10.8. The molecule has 2 rings (SSSR count). The molecule has 1 aliphatic carbocycles. The molecular formula is C32H53N. The molecule has 0 amide bonds. The third-order valence-electron chi connectivity index (χ3n) is 8.12. The molecule has 33 heavy (non-hydrogen) atoms. The molecule has 2 atom stereocenters. The fraction of sp³-hybridized carbons (Fsp3) is 0.688. The van der Waals surface area contributed by atoms with E-state index >= 15 is 0 Å². The Bertz CT molecular complexity index is 725. The van der Waals surface area contributed by atoms with Gasteiger partial charge in [0.15, 0.2) is 0 Å². The third-order valence-corrected chi connectivity index (χ3v) is 8.12. The minimum absolute atomic E-state index is 0.224. The first kappa shape index (κ1) is 27.7. The molecule has 0 aliphatic heterocycles. The molecule has 186 valence electrons. The molecule has 0 saturated carbocycles. The summed E-state index contributed by atoms with van der Waals surface area (Å²) in [7, 11) is 0. The zero-order valence-corrected chi connectivity index (χ0v) is 22.7. The van der Waals surface area contributed by atoms with Gasteiger partial charge in [0, 0.05) is 12.2 Å². The summed E-state index contributed by atoms with van der Waals surface area (Å²) < 4.78 is 0. The second kappa shape index (κ2) is 14.7. The predicted molar refractivity (Wildman–Crippen MR) is 148 cm³/mol. The molecule has 1 heteroatoms. The molecule has 0 spiro atoms. The first-order chi connectivity index (χ1) is 15.9. The molecule has 0 fully saturated rings. The molecule has 0 radical (unpaired) electrons. The lowest BCUT2D eigenvalue weighted by atomic mass is 9.75. The van der Waals surface area contributed by atoms with E-state index in [9.17, 15) is 0 Å². The van der Waals surface area contributed by atoms with Crippen molar-refractivity contribution >= 4 is 0 Å². The van der Waals surface area contributed by atoms with Gasteiger partial charge in [-0.05, 0) is 85.8 Å². The summed E-state index contributed by atoms with van der Waals surface area (Å²) in [5.41, 5.74) is 7.63. The Morgan fingerprint density at radius 3 is 2.30 bits per heavy atom. The van der Waals surface area contributed by atoms with Gasteiger partial charge >= 0.3 is 0 Å². The van der Waals surface area contributed by atoms with Crippen LogP contribution < -0.4 is 5.32 Å². The van der Waals surface area contributed by atoms with Gasteiger partial charge in [0.1, 0.15) is 0 Å². The fourth-order valence-electron chi connectivity index (χ4n) is 5.63. The Morgan fingerprint density at radius 1 is 0.939 bits per heavy atom. The largest absolute Gasteiger partial charge is 0.385 e. The lowest BCUT2D eigenvalue weighted by Crippen LogP contribution is -2.28. The number of rotatable bonds is 16. The maximum Gasteiger partial charge on any atom is 0.0299 e. The van der Waals surface area contributed by atoms with Crippen molar-refractivity contribution in [3.63, 3.8) is 0 Å². The van der Waals surface area contributed by atoms with E-state index in [0.717, 1.165) is 13.0 Å². The highest BCUT2D eigenvalue weighted by Crippen LogP contribution is 2.35. The minimum Gasteiger partial charge on any atom is -0.385 e. The van der Waals surface area contributed by atoms with Crippen LogP contribution in [0.15, 0.2) is 47.7 Å². The number of hydrogen-bond acceptors (Lipinski definition) is 1. The van der Waals surface area contributed by atoms with Gasteiger partial charge in [0.25, 0.3) is 0 Å². The highest BCUT2D eigenvalue weighted by atomic mass is 14.9. The number of hydrogen-bond donors (Lipinski definition) is 1. The van der Waals surface area contributed by atoms with Gasteiger partial charge in [0.2, 0.25) is 0 Å². The standard InChI is InChI=1S/C32H53N/c1-7-10-11-12-13-16-28-19-21-29(22-20-28)32(6,23-8-2)24-25-33-27(5)31-18-15-14-17-30(31)26(4)9-3/h19-22,26,33H,5,7-18,23-25H2,1-4,6H3. The quantitative estimate of drug-likeness (QED) is 0.247. The van der Waals surface area contributed by atoms with Gasteiger partial charge in [-0.15, -0.1) is 0 Å². The molecule has 0 saturated heterocycles. The first-order valence-electron chi connectivity index (χ1n) is 14.2. The molecule has 1 aromatic rings.